The van der Waals surface area contributed by atoms with E-state index in [0.717, 1.165) is 57.8 Å². The number of hydrogen-bond acceptors (Lipinski definition) is 7. The Morgan fingerprint density at radius 3 is 1.72 bits per heavy atom. The Kier molecular flexibility index (Phi) is 31.5. The third kappa shape index (κ3) is 32.6. The lowest BCUT2D eigenvalue weighted by atomic mass is 10.0. The molecule has 0 heterocycles. The van der Waals surface area contributed by atoms with Crippen LogP contribution >= 0.6 is 7.82 Å². The molecule has 0 aromatic rings. The van der Waals surface area contributed by atoms with E-state index in [4.69, 9.17) is 9.05 Å². The van der Waals surface area contributed by atoms with Gasteiger partial charge in [-0.1, -0.05) is 108 Å². The summed E-state index contributed by atoms with van der Waals surface area (Å²) in [7, 11) is 1.09. The zero-order valence-corrected chi connectivity index (χ0v) is 33.6. The van der Waals surface area contributed by atoms with Gasteiger partial charge in [0.1, 0.15) is 19.3 Å². The minimum Gasteiger partial charge on any atom is -0.756 e. The van der Waals surface area contributed by atoms with Gasteiger partial charge in [-0.15, -0.1) is 0 Å². The fourth-order valence-corrected chi connectivity index (χ4v) is 6.10. The lowest BCUT2D eigenvalue weighted by Crippen LogP contribution is -2.51. The Morgan fingerprint density at radius 2 is 1.16 bits per heavy atom. The second-order valence-electron chi connectivity index (χ2n) is 14.7. The highest BCUT2D eigenvalue weighted by Crippen LogP contribution is 2.38. The number of aliphatic hydroxyl groups excluding tert-OH is 2. The zero-order chi connectivity index (χ0) is 37.4. The van der Waals surface area contributed by atoms with Gasteiger partial charge < -0.3 is 34.0 Å². The number of phosphoric ester groups is 1. The molecule has 0 spiro atoms. The smallest absolute Gasteiger partial charge is 0.268 e. The molecule has 0 aromatic carbocycles. The van der Waals surface area contributed by atoms with E-state index in [1.807, 2.05) is 21.1 Å². The molecule has 0 saturated heterocycles. The van der Waals surface area contributed by atoms with E-state index >= 15 is 0 Å². The van der Waals surface area contributed by atoms with Crippen molar-refractivity contribution >= 4 is 13.7 Å². The largest absolute Gasteiger partial charge is 0.756 e. The van der Waals surface area contributed by atoms with E-state index in [-0.39, 0.29) is 18.9 Å². The molecule has 0 fully saturated rings. The number of allylic oxidation sites excluding steroid dienone is 6. The highest BCUT2D eigenvalue weighted by atomic mass is 31.2. The van der Waals surface area contributed by atoms with Crippen LogP contribution in [0.3, 0.4) is 0 Å². The fourth-order valence-electron chi connectivity index (χ4n) is 5.38. The van der Waals surface area contributed by atoms with E-state index < -0.39 is 32.7 Å². The number of carbonyl (C=O) groups excluding carboxylic acids is 1. The first-order chi connectivity index (χ1) is 23.9. The Morgan fingerprint density at radius 1 is 0.700 bits per heavy atom. The van der Waals surface area contributed by atoms with Crippen molar-refractivity contribution in [2.24, 2.45) is 0 Å². The normalized spacial score (nSPS) is 15.6. The fraction of sp³-hybridized carbons (Fsp3) is 0.825. The molecule has 0 rings (SSSR count). The van der Waals surface area contributed by atoms with Crippen LogP contribution in [0.1, 0.15) is 155 Å². The number of nitrogens with one attached hydrogen (secondary N) is 1. The third-order valence-corrected chi connectivity index (χ3v) is 9.63. The molecule has 9 nitrogen and oxygen atoms in total. The average molecular weight is 729 g/mol. The number of carbonyl (C=O) groups is 1. The van der Waals surface area contributed by atoms with Gasteiger partial charge in [0.05, 0.1) is 39.9 Å². The van der Waals surface area contributed by atoms with Crippen molar-refractivity contribution in [1.82, 2.24) is 5.32 Å². The molecule has 0 saturated carbocycles. The van der Waals surface area contributed by atoms with Gasteiger partial charge in [0.25, 0.3) is 7.82 Å². The van der Waals surface area contributed by atoms with Gasteiger partial charge in [-0.3, -0.25) is 9.36 Å². The van der Waals surface area contributed by atoms with Crippen molar-refractivity contribution in [1.29, 1.82) is 0 Å². The van der Waals surface area contributed by atoms with Crippen LogP contribution in [-0.2, 0) is 18.4 Å². The SMILES string of the molecule is CCCCC/C=C/CC/C=C/CCCC(O)C(O)C(COP(=O)([O-])OCC[N+](C)(C)C)NC(=O)CCCCCCC/C=C\CCCCCCC. The summed E-state index contributed by atoms with van der Waals surface area (Å²) < 4.78 is 23.0. The first-order valence-corrected chi connectivity index (χ1v) is 21.4. The molecule has 0 radical (unpaired) electrons. The molecule has 294 valence electrons. The van der Waals surface area contributed by atoms with Crippen molar-refractivity contribution in [2.75, 3.05) is 40.9 Å². The predicted octanol–water partition coefficient (Wildman–Crippen LogP) is 8.69. The first-order valence-electron chi connectivity index (χ1n) is 19.9. The van der Waals surface area contributed by atoms with Crippen molar-refractivity contribution in [3.8, 4) is 0 Å². The monoisotopic (exact) mass is 729 g/mol. The maximum Gasteiger partial charge on any atom is 0.268 e. The number of rotatable bonds is 35. The van der Waals surface area contributed by atoms with Crippen LogP contribution < -0.4 is 10.2 Å². The van der Waals surface area contributed by atoms with Gasteiger partial charge in [-0.05, 0) is 77.0 Å². The highest BCUT2D eigenvalue weighted by molar-refractivity contribution is 7.45. The lowest BCUT2D eigenvalue weighted by Gasteiger charge is -2.31. The molecule has 10 heteroatoms. The number of quaternary nitrogens is 1. The molecule has 4 atom stereocenters. The second kappa shape index (κ2) is 32.3. The van der Waals surface area contributed by atoms with Crippen molar-refractivity contribution in [3.63, 3.8) is 0 Å². The maximum absolute atomic E-state index is 12.8. The summed E-state index contributed by atoms with van der Waals surface area (Å²) in [6.45, 7) is 4.33. The van der Waals surface area contributed by atoms with E-state index in [1.165, 1.54) is 57.8 Å². The highest BCUT2D eigenvalue weighted by Gasteiger charge is 2.29. The molecule has 3 N–H and O–H groups in total. The standard InChI is InChI=1S/C40H77N2O7P/c1-6-8-10-12-14-16-18-20-21-23-25-27-29-31-33-39(44)41-37(36-49-50(46,47)48-35-34-42(3,4)5)40(45)38(43)32-30-28-26-24-22-19-17-15-13-11-9-7-2/h15,17-18,20,24,26,37-38,40,43,45H,6-14,16,19,21-23,25,27-36H2,1-5H3,(H-,41,44,46,47)/b17-15+,20-18-,26-24+. The zero-order valence-electron chi connectivity index (χ0n) is 32.7. The van der Waals surface area contributed by atoms with Crippen LogP contribution in [-0.4, -0.2) is 79.8 Å². The number of phosphoric acid groups is 1. The molecular weight excluding hydrogens is 651 g/mol. The molecular formula is C40H77N2O7P. The van der Waals surface area contributed by atoms with Crippen LogP contribution in [0.25, 0.3) is 0 Å². The van der Waals surface area contributed by atoms with E-state index in [2.05, 4.69) is 55.6 Å². The molecule has 0 aliphatic carbocycles. The van der Waals surface area contributed by atoms with Gasteiger partial charge in [0, 0.05) is 6.42 Å². The molecule has 1 amide bonds. The van der Waals surface area contributed by atoms with Crippen LogP contribution in [0.5, 0.6) is 0 Å². The summed E-state index contributed by atoms with van der Waals surface area (Å²) in [5.74, 6) is -0.305. The molecule has 50 heavy (non-hydrogen) atoms. The van der Waals surface area contributed by atoms with E-state index in [0.29, 0.717) is 30.3 Å². The number of hydrogen-bond donors (Lipinski definition) is 3. The summed E-state index contributed by atoms with van der Waals surface area (Å²) in [6, 6.07) is -1.10. The van der Waals surface area contributed by atoms with Gasteiger partial charge in [0.2, 0.25) is 5.91 Å². The summed E-state index contributed by atoms with van der Waals surface area (Å²) in [5.41, 5.74) is 0. The van der Waals surface area contributed by atoms with Gasteiger partial charge in [-0.25, -0.2) is 0 Å². The minimum absolute atomic E-state index is 0.0509. The van der Waals surface area contributed by atoms with Gasteiger partial charge in [-0.2, -0.15) is 0 Å². The molecule has 0 aliphatic heterocycles. The van der Waals surface area contributed by atoms with E-state index in [9.17, 15) is 24.5 Å². The van der Waals surface area contributed by atoms with Crippen molar-refractivity contribution < 1.29 is 38.0 Å². The molecule has 0 aromatic heterocycles. The van der Waals surface area contributed by atoms with E-state index in [1.54, 1.807) is 0 Å². The number of amides is 1. The predicted molar refractivity (Wildman–Crippen MR) is 207 cm³/mol. The number of likely N-dealkylation sites (N-methyl/N-ethyl adjacent to an activating group) is 1. The third-order valence-electron chi connectivity index (χ3n) is 8.67. The first kappa shape index (κ1) is 48.7. The molecule has 0 aliphatic rings. The van der Waals surface area contributed by atoms with Crippen LogP contribution in [0.4, 0.5) is 0 Å². The molecule has 0 bridgehead atoms. The van der Waals surface area contributed by atoms with Crippen molar-refractivity contribution in [3.05, 3.63) is 36.5 Å². The summed E-state index contributed by atoms with van der Waals surface area (Å²) in [6.07, 6.45) is 33.3. The Labute approximate surface area is 307 Å². The van der Waals surface area contributed by atoms with Crippen molar-refractivity contribution in [2.45, 2.75) is 173 Å². The topological polar surface area (TPSA) is 128 Å². The van der Waals surface area contributed by atoms with Crippen LogP contribution in [0, 0.1) is 0 Å². The van der Waals surface area contributed by atoms with Crippen LogP contribution in [0.2, 0.25) is 0 Å². The van der Waals surface area contributed by atoms with Crippen LogP contribution in [0.15, 0.2) is 36.5 Å². The Balaban J connectivity index is 4.68. The van der Waals surface area contributed by atoms with Gasteiger partial charge >= 0.3 is 0 Å². The number of aliphatic hydroxyl groups is 2. The number of nitrogens with zero attached hydrogens (tertiary/aromatic N) is 1. The quantitative estimate of drug-likeness (QED) is 0.0258. The second-order valence-corrected chi connectivity index (χ2v) is 16.2. The Bertz CT molecular complexity index is 935. The summed E-state index contributed by atoms with van der Waals surface area (Å²) in [5, 5.41) is 24.4. The molecule has 4 unspecified atom stereocenters. The Hall–Kier alpha value is -1.32. The van der Waals surface area contributed by atoms with Gasteiger partial charge in [0.15, 0.2) is 0 Å². The summed E-state index contributed by atoms with van der Waals surface area (Å²) >= 11 is 0. The lowest BCUT2D eigenvalue weighted by molar-refractivity contribution is -0.870. The number of unbranched alkanes of at least 4 members (excludes halogenated alkanes) is 15. The minimum atomic E-state index is -4.67. The maximum atomic E-state index is 12.8. The summed E-state index contributed by atoms with van der Waals surface area (Å²) in [4.78, 5) is 25.2. The average Bonchev–Trinajstić information content (AvgIpc) is 3.06.